The lowest BCUT2D eigenvalue weighted by Gasteiger charge is -2.16. The molecule has 0 fully saturated rings. The Morgan fingerprint density at radius 1 is 0.625 bits per heavy atom. The minimum atomic E-state index is -0.430. The molecule has 0 saturated heterocycles. The van der Waals surface area contributed by atoms with Gasteiger partial charge in [0.2, 0.25) is 0 Å². The molecule has 0 radical (unpaired) electrons. The highest BCUT2D eigenvalue weighted by atomic mass is 16.3. The molecule has 0 amide bonds. The molecule has 3 N–H and O–H groups in total. The van der Waals surface area contributed by atoms with Crippen molar-refractivity contribution in [3.8, 4) is 22.6 Å². The summed E-state index contributed by atoms with van der Waals surface area (Å²) in [6.45, 7) is -0.430. The Kier molecular flexibility index (Phi) is 3.36. The van der Waals surface area contributed by atoms with Crippen molar-refractivity contribution in [3.05, 3.63) is 72.3 Å². The van der Waals surface area contributed by atoms with Crippen LogP contribution in [0, 0.1) is 0 Å². The van der Waals surface area contributed by atoms with Crippen LogP contribution in [0.1, 0.15) is 5.56 Å². The van der Waals surface area contributed by atoms with Crippen LogP contribution in [0.5, 0.6) is 11.5 Å². The molecular weight excluding hydrogens is 300 g/mol. The van der Waals surface area contributed by atoms with E-state index in [1.54, 1.807) is 6.07 Å². The molecule has 0 spiro atoms. The Labute approximate surface area is 139 Å². The fourth-order valence-corrected chi connectivity index (χ4v) is 3.33. The first-order chi connectivity index (χ1) is 11.7. The van der Waals surface area contributed by atoms with Crippen molar-refractivity contribution in [1.82, 2.24) is 0 Å². The highest BCUT2D eigenvalue weighted by molar-refractivity contribution is 6.10. The summed E-state index contributed by atoms with van der Waals surface area (Å²) in [7, 11) is 0. The van der Waals surface area contributed by atoms with Crippen LogP contribution >= 0.6 is 0 Å². The van der Waals surface area contributed by atoms with E-state index in [9.17, 15) is 15.3 Å². The third kappa shape index (κ3) is 2.02. The Bertz CT molecular complexity index is 1060. The van der Waals surface area contributed by atoms with Gasteiger partial charge in [-0.3, -0.25) is 0 Å². The minimum absolute atomic E-state index is 0.0745. The minimum Gasteiger partial charge on any atom is -0.507 e. The molecule has 4 aromatic carbocycles. The summed E-state index contributed by atoms with van der Waals surface area (Å²) < 4.78 is 0. The van der Waals surface area contributed by atoms with Crippen molar-refractivity contribution in [1.29, 1.82) is 0 Å². The van der Waals surface area contributed by atoms with Crippen molar-refractivity contribution in [3.63, 3.8) is 0 Å². The third-order valence-corrected chi connectivity index (χ3v) is 4.48. The van der Waals surface area contributed by atoms with Gasteiger partial charge in [0.25, 0.3) is 0 Å². The van der Waals surface area contributed by atoms with Crippen LogP contribution in [0.2, 0.25) is 0 Å². The van der Waals surface area contributed by atoms with Crippen molar-refractivity contribution in [2.45, 2.75) is 6.61 Å². The molecule has 4 rings (SSSR count). The number of hydrogen-bond donors (Lipinski definition) is 3. The Morgan fingerprint density at radius 3 is 2.00 bits per heavy atom. The number of rotatable bonds is 2. The fraction of sp³-hybridized carbons (Fsp3) is 0.0476. The smallest absolute Gasteiger partial charge is 0.133 e. The second kappa shape index (κ2) is 5.55. The molecule has 0 atom stereocenters. The molecule has 4 aromatic rings. The fourth-order valence-electron chi connectivity index (χ4n) is 3.33. The number of aliphatic hydroxyl groups is 1. The zero-order chi connectivity index (χ0) is 16.7. The first-order valence-corrected chi connectivity index (χ1v) is 7.77. The first-order valence-electron chi connectivity index (χ1n) is 7.77. The lowest BCUT2D eigenvalue weighted by Crippen LogP contribution is -1.93. The number of aliphatic hydroxyl groups excluding tert-OH is 1. The topological polar surface area (TPSA) is 60.7 Å². The predicted molar refractivity (Wildman–Crippen MR) is 96.1 cm³/mol. The first kappa shape index (κ1) is 14.5. The van der Waals surface area contributed by atoms with E-state index in [4.69, 9.17) is 0 Å². The van der Waals surface area contributed by atoms with Crippen molar-refractivity contribution in [2.24, 2.45) is 0 Å². The average molecular weight is 316 g/mol. The molecule has 24 heavy (non-hydrogen) atoms. The molecule has 0 aliphatic rings. The Hall–Kier alpha value is -3.04. The van der Waals surface area contributed by atoms with Crippen molar-refractivity contribution >= 4 is 21.5 Å². The lowest BCUT2D eigenvalue weighted by molar-refractivity contribution is 0.269. The molecule has 0 heterocycles. The van der Waals surface area contributed by atoms with E-state index in [0.29, 0.717) is 10.9 Å². The van der Waals surface area contributed by atoms with Gasteiger partial charge in [-0.05, 0) is 21.7 Å². The van der Waals surface area contributed by atoms with Gasteiger partial charge in [0, 0.05) is 10.9 Å². The van der Waals surface area contributed by atoms with Crippen LogP contribution < -0.4 is 0 Å². The van der Waals surface area contributed by atoms with Gasteiger partial charge in [-0.2, -0.15) is 0 Å². The molecule has 0 bridgehead atoms. The summed E-state index contributed by atoms with van der Waals surface area (Å²) in [5.41, 5.74) is 1.65. The van der Waals surface area contributed by atoms with Crippen LogP contribution in [0.4, 0.5) is 0 Å². The van der Waals surface area contributed by atoms with Gasteiger partial charge in [-0.25, -0.2) is 0 Å². The zero-order valence-corrected chi connectivity index (χ0v) is 12.9. The number of aromatic hydroxyl groups is 2. The number of fused-ring (bicyclic) bond motifs is 2. The number of phenols is 2. The lowest BCUT2D eigenvalue weighted by atomic mass is 9.90. The maximum Gasteiger partial charge on any atom is 0.133 e. The molecular formula is C21H16O3. The number of hydrogen-bond acceptors (Lipinski definition) is 3. The molecule has 3 heteroatoms. The van der Waals surface area contributed by atoms with Gasteiger partial charge in [0.1, 0.15) is 11.5 Å². The average Bonchev–Trinajstić information content (AvgIpc) is 2.62. The van der Waals surface area contributed by atoms with E-state index in [2.05, 4.69) is 0 Å². The maximum atomic E-state index is 10.8. The van der Waals surface area contributed by atoms with E-state index in [1.165, 1.54) is 0 Å². The number of benzene rings is 4. The predicted octanol–water partition coefficient (Wildman–Crippen LogP) is 4.56. The Balaban J connectivity index is 2.21. The third-order valence-electron chi connectivity index (χ3n) is 4.48. The normalized spacial score (nSPS) is 11.2. The van der Waals surface area contributed by atoms with Gasteiger partial charge in [0.15, 0.2) is 0 Å². The summed E-state index contributed by atoms with van der Waals surface area (Å²) in [6, 6.07) is 21.2. The molecule has 0 aromatic heterocycles. The SMILES string of the molecule is OCc1c(O)c(-c2cccc3ccccc23)c2ccccc2c1O. The summed E-state index contributed by atoms with van der Waals surface area (Å²) >= 11 is 0. The maximum absolute atomic E-state index is 10.8. The van der Waals surface area contributed by atoms with Crippen LogP contribution in [0.15, 0.2) is 66.7 Å². The quantitative estimate of drug-likeness (QED) is 0.508. The summed E-state index contributed by atoms with van der Waals surface area (Å²) in [4.78, 5) is 0. The van der Waals surface area contributed by atoms with E-state index in [-0.39, 0.29) is 17.1 Å². The molecule has 0 saturated carbocycles. The van der Waals surface area contributed by atoms with Crippen LogP contribution in [-0.2, 0) is 6.61 Å². The van der Waals surface area contributed by atoms with Crippen molar-refractivity contribution < 1.29 is 15.3 Å². The van der Waals surface area contributed by atoms with Crippen molar-refractivity contribution in [2.75, 3.05) is 0 Å². The summed E-state index contributed by atoms with van der Waals surface area (Å²) in [5, 5.41) is 34.2. The monoisotopic (exact) mass is 316 g/mol. The van der Waals surface area contributed by atoms with Crippen LogP contribution in [0.25, 0.3) is 32.7 Å². The summed E-state index contributed by atoms with van der Waals surface area (Å²) in [6.07, 6.45) is 0. The molecule has 3 nitrogen and oxygen atoms in total. The van der Waals surface area contributed by atoms with E-state index in [1.807, 2.05) is 60.7 Å². The second-order valence-electron chi connectivity index (χ2n) is 5.78. The molecule has 0 aliphatic heterocycles. The van der Waals surface area contributed by atoms with Crippen LogP contribution in [0.3, 0.4) is 0 Å². The van der Waals surface area contributed by atoms with Gasteiger partial charge >= 0.3 is 0 Å². The zero-order valence-electron chi connectivity index (χ0n) is 12.9. The van der Waals surface area contributed by atoms with E-state index >= 15 is 0 Å². The molecule has 0 unspecified atom stereocenters. The van der Waals surface area contributed by atoms with Gasteiger partial charge in [0.05, 0.1) is 12.2 Å². The highest BCUT2D eigenvalue weighted by Crippen LogP contribution is 2.46. The van der Waals surface area contributed by atoms with E-state index < -0.39 is 6.61 Å². The second-order valence-corrected chi connectivity index (χ2v) is 5.78. The van der Waals surface area contributed by atoms with Gasteiger partial charge < -0.3 is 15.3 Å². The van der Waals surface area contributed by atoms with Gasteiger partial charge in [-0.1, -0.05) is 66.7 Å². The van der Waals surface area contributed by atoms with Gasteiger partial charge in [-0.15, -0.1) is 0 Å². The van der Waals surface area contributed by atoms with E-state index in [0.717, 1.165) is 21.7 Å². The Morgan fingerprint density at radius 2 is 1.25 bits per heavy atom. The largest absolute Gasteiger partial charge is 0.507 e. The summed E-state index contributed by atoms with van der Waals surface area (Å²) in [5.74, 6) is -0.153. The highest BCUT2D eigenvalue weighted by Gasteiger charge is 2.20. The van der Waals surface area contributed by atoms with Crippen LogP contribution in [-0.4, -0.2) is 15.3 Å². The standard InChI is InChI=1S/C21H16O3/c22-12-18-20(23)17-10-4-3-9-16(17)19(21(18)24)15-11-5-7-13-6-1-2-8-14(13)15/h1-11,22-24H,12H2. The molecule has 0 aliphatic carbocycles. The molecule has 118 valence electrons.